The molecule has 0 radical (unpaired) electrons. The van der Waals surface area contributed by atoms with E-state index in [1.54, 1.807) is 17.2 Å². The highest BCUT2D eigenvalue weighted by molar-refractivity contribution is 5.74. The Morgan fingerprint density at radius 2 is 2.24 bits per heavy atom. The first kappa shape index (κ1) is 17.5. The predicted molar refractivity (Wildman–Crippen MR) is 88.7 cm³/mol. The summed E-state index contributed by atoms with van der Waals surface area (Å²) >= 11 is 0. The average Bonchev–Trinajstić information content (AvgIpc) is 3.30. The van der Waals surface area contributed by atoms with Crippen molar-refractivity contribution in [1.82, 2.24) is 20.4 Å². The van der Waals surface area contributed by atoms with Gasteiger partial charge in [-0.25, -0.2) is 4.79 Å². The molecule has 8 nitrogen and oxygen atoms in total. The number of amides is 2. The topological polar surface area (TPSA) is 93.6 Å². The Balaban J connectivity index is 1.37. The summed E-state index contributed by atoms with van der Waals surface area (Å²) in [6.07, 6.45) is 3.28. The number of carbonyl (C=O) groups excluding carboxylic acids is 1. The molecule has 2 aromatic heterocycles. The van der Waals surface area contributed by atoms with Crippen LogP contribution in [0.25, 0.3) is 0 Å². The summed E-state index contributed by atoms with van der Waals surface area (Å²) in [5.74, 6) is 2.18. The van der Waals surface area contributed by atoms with Crippen molar-refractivity contribution in [3.05, 3.63) is 35.9 Å². The summed E-state index contributed by atoms with van der Waals surface area (Å²) in [6, 6.07) is 3.56. The molecular formula is C17H24N4O4. The molecule has 1 fully saturated rings. The van der Waals surface area contributed by atoms with Gasteiger partial charge in [0.25, 0.3) is 5.89 Å². The Morgan fingerprint density at radius 3 is 2.88 bits per heavy atom. The van der Waals surface area contributed by atoms with Crippen molar-refractivity contribution < 1.29 is 18.5 Å². The van der Waals surface area contributed by atoms with Gasteiger partial charge in [0.1, 0.15) is 12.4 Å². The van der Waals surface area contributed by atoms with Crippen LogP contribution in [-0.2, 0) is 17.9 Å². The van der Waals surface area contributed by atoms with Crippen LogP contribution in [0.15, 0.2) is 27.3 Å². The average molecular weight is 348 g/mol. The summed E-state index contributed by atoms with van der Waals surface area (Å²) in [7, 11) is 0. The van der Waals surface area contributed by atoms with E-state index in [1.807, 2.05) is 19.9 Å². The SMILES string of the molecule is CC(C)c1noc(COC2CCN(C(=O)NCc3ccco3)CC2)n1. The number of piperidine rings is 1. The summed E-state index contributed by atoms with van der Waals surface area (Å²) in [6.45, 7) is 6.07. The molecular weight excluding hydrogens is 324 g/mol. The summed E-state index contributed by atoms with van der Waals surface area (Å²) in [5, 5.41) is 6.78. The van der Waals surface area contributed by atoms with Crippen LogP contribution in [0.5, 0.6) is 0 Å². The molecule has 0 saturated carbocycles. The van der Waals surface area contributed by atoms with Crippen molar-refractivity contribution in [3.8, 4) is 0 Å². The smallest absolute Gasteiger partial charge is 0.317 e. The van der Waals surface area contributed by atoms with Crippen molar-refractivity contribution in [3.63, 3.8) is 0 Å². The monoisotopic (exact) mass is 348 g/mol. The van der Waals surface area contributed by atoms with Gasteiger partial charge < -0.3 is 23.9 Å². The van der Waals surface area contributed by atoms with E-state index in [2.05, 4.69) is 15.5 Å². The lowest BCUT2D eigenvalue weighted by Gasteiger charge is -2.31. The highest BCUT2D eigenvalue weighted by atomic mass is 16.5. The molecule has 0 unspecified atom stereocenters. The van der Waals surface area contributed by atoms with Gasteiger partial charge in [0, 0.05) is 19.0 Å². The maximum atomic E-state index is 12.1. The molecule has 136 valence electrons. The van der Waals surface area contributed by atoms with Crippen LogP contribution in [0.4, 0.5) is 4.79 Å². The molecule has 1 saturated heterocycles. The highest BCUT2D eigenvalue weighted by Gasteiger charge is 2.24. The minimum atomic E-state index is -0.0756. The minimum Gasteiger partial charge on any atom is -0.467 e. The second-order valence-electron chi connectivity index (χ2n) is 6.44. The van der Waals surface area contributed by atoms with Crippen molar-refractivity contribution in [2.24, 2.45) is 0 Å². The molecule has 0 atom stereocenters. The van der Waals surface area contributed by atoms with Gasteiger partial charge in [-0.1, -0.05) is 19.0 Å². The largest absolute Gasteiger partial charge is 0.467 e. The van der Waals surface area contributed by atoms with Gasteiger partial charge in [0.05, 0.1) is 18.9 Å². The Labute approximate surface area is 146 Å². The lowest BCUT2D eigenvalue weighted by Crippen LogP contribution is -2.45. The number of likely N-dealkylation sites (tertiary alicyclic amines) is 1. The Morgan fingerprint density at radius 1 is 1.44 bits per heavy atom. The van der Waals surface area contributed by atoms with E-state index in [-0.39, 0.29) is 18.1 Å². The van der Waals surface area contributed by atoms with Crippen molar-refractivity contribution >= 4 is 6.03 Å². The summed E-state index contributed by atoms with van der Waals surface area (Å²) < 4.78 is 16.2. The molecule has 3 heterocycles. The fourth-order valence-electron chi connectivity index (χ4n) is 2.66. The third-order valence-corrected chi connectivity index (χ3v) is 4.17. The lowest BCUT2D eigenvalue weighted by atomic mass is 10.1. The quantitative estimate of drug-likeness (QED) is 0.862. The molecule has 1 N–H and O–H groups in total. The zero-order valence-corrected chi connectivity index (χ0v) is 14.6. The third-order valence-electron chi connectivity index (χ3n) is 4.17. The fraction of sp³-hybridized carbons (Fsp3) is 0.588. The lowest BCUT2D eigenvalue weighted by molar-refractivity contribution is -0.00615. The van der Waals surface area contributed by atoms with Gasteiger partial charge in [-0.15, -0.1) is 0 Å². The molecule has 2 amide bonds. The van der Waals surface area contributed by atoms with Gasteiger partial charge >= 0.3 is 6.03 Å². The standard InChI is InChI=1S/C17H24N4O4/c1-12(2)16-19-15(25-20-16)11-24-13-5-7-21(8-6-13)17(22)18-10-14-4-3-9-23-14/h3-4,9,12-13H,5-8,10-11H2,1-2H3,(H,18,22). The Kier molecular flexibility index (Phi) is 5.70. The van der Waals surface area contributed by atoms with E-state index in [1.165, 1.54) is 0 Å². The Bertz CT molecular complexity index is 660. The second kappa shape index (κ2) is 8.15. The van der Waals surface area contributed by atoms with E-state index >= 15 is 0 Å². The number of nitrogens with zero attached hydrogens (tertiary/aromatic N) is 3. The molecule has 0 aromatic carbocycles. The first-order valence-electron chi connectivity index (χ1n) is 8.61. The number of ether oxygens (including phenoxy) is 1. The van der Waals surface area contributed by atoms with Crippen LogP contribution in [-0.4, -0.2) is 40.3 Å². The van der Waals surface area contributed by atoms with Crippen molar-refractivity contribution in [1.29, 1.82) is 0 Å². The fourth-order valence-corrected chi connectivity index (χ4v) is 2.66. The highest BCUT2D eigenvalue weighted by Crippen LogP contribution is 2.16. The zero-order valence-electron chi connectivity index (χ0n) is 14.6. The van der Waals surface area contributed by atoms with Crippen molar-refractivity contribution in [2.75, 3.05) is 13.1 Å². The van der Waals surface area contributed by atoms with Gasteiger partial charge in [-0.05, 0) is 25.0 Å². The molecule has 0 aliphatic carbocycles. The van der Waals surface area contributed by atoms with Crippen LogP contribution in [0.3, 0.4) is 0 Å². The molecule has 3 rings (SSSR count). The number of carbonyl (C=O) groups is 1. The van der Waals surface area contributed by atoms with Crippen molar-refractivity contribution in [2.45, 2.75) is 51.9 Å². The number of aromatic nitrogens is 2. The number of nitrogens with one attached hydrogen (secondary N) is 1. The van der Waals surface area contributed by atoms with E-state index in [4.69, 9.17) is 13.7 Å². The van der Waals surface area contributed by atoms with Crippen LogP contribution >= 0.6 is 0 Å². The summed E-state index contributed by atoms with van der Waals surface area (Å²) in [4.78, 5) is 18.2. The molecule has 2 aromatic rings. The number of hydrogen-bond acceptors (Lipinski definition) is 6. The number of furan rings is 1. The van der Waals surface area contributed by atoms with Crippen LogP contribution < -0.4 is 5.32 Å². The third kappa shape index (κ3) is 4.82. The maximum absolute atomic E-state index is 12.1. The summed E-state index contributed by atoms with van der Waals surface area (Å²) in [5.41, 5.74) is 0. The molecule has 0 spiro atoms. The van der Waals surface area contributed by atoms with Gasteiger partial charge in [-0.2, -0.15) is 4.98 Å². The van der Waals surface area contributed by atoms with E-state index in [0.717, 1.165) is 18.6 Å². The van der Waals surface area contributed by atoms with Crippen LogP contribution in [0, 0.1) is 0 Å². The van der Waals surface area contributed by atoms with Gasteiger partial charge in [-0.3, -0.25) is 0 Å². The molecule has 1 aliphatic rings. The first-order chi connectivity index (χ1) is 12.1. The van der Waals surface area contributed by atoms with Gasteiger partial charge in [0.2, 0.25) is 0 Å². The molecule has 0 bridgehead atoms. The normalized spacial score (nSPS) is 15.7. The van der Waals surface area contributed by atoms with Gasteiger partial charge in [0.15, 0.2) is 5.82 Å². The van der Waals surface area contributed by atoms with E-state index < -0.39 is 0 Å². The molecule has 8 heteroatoms. The number of urea groups is 1. The Hall–Kier alpha value is -2.35. The van der Waals surface area contributed by atoms with Crippen LogP contribution in [0.2, 0.25) is 0 Å². The zero-order chi connectivity index (χ0) is 17.6. The number of hydrogen-bond donors (Lipinski definition) is 1. The maximum Gasteiger partial charge on any atom is 0.317 e. The second-order valence-corrected chi connectivity index (χ2v) is 6.44. The first-order valence-corrected chi connectivity index (χ1v) is 8.61. The van der Waals surface area contributed by atoms with E-state index in [0.29, 0.717) is 38.0 Å². The van der Waals surface area contributed by atoms with E-state index in [9.17, 15) is 4.79 Å². The number of rotatable bonds is 6. The predicted octanol–water partition coefficient (Wildman–Crippen LogP) is 2.68. The molecule has 1 aliphatic heterocycles. The molecule has 25 heavy (non-hydrogen) atoms. The minimum absolute atomic E-state index is 0.0756. The van der Waals surface area contributed by atoms with Crippen LogP contribution in [0.1, 0.15) is 50.1 Å².